The number of ether oxygens (including phenoxy) is 2. The first-order valence-electron chi connectivity index (χ1n) is 6.35. The maximum atomic E-state index is 5.87. The summed E-state index contributed by atoms with van der Waals surface area (Å²) in [5, 5.41) is 0. The molecule has 0 aromatic heterocycles. The van der Waals surface area contributed by atoms with Crippen LogP contribution in [-0.2, 0) is 0 Å². The average Bonchev–Trinajstić information content (AvgIpc) is 2.81. The number of benzene rings is 1. The fourth-order valence-corrected chi connectivity index (χ4v) is 3.10. The Balaban J connectivity index is 2.00. The van der Waals surface area contributed by atoms with Crippen molar-refractivity contribution in [2.45, 2.75) is 12.8 Å². The van der Waals surface area contributed by atoms with Crippen LogP contribution >= 0.6 is 0 Å². The third-order valence-corrected chi connectivity index (χ3v) is 4.03. The highest BCUT2D eigenvalue weighted by Gasteiger charge is 2.39. The van der Waals surface area contributed by atoms with Crippen molar-refractivity contribution in [3.63, 3.8) is 0 Å². The highest BCUT2D eigenvalue weighted by molar-refractivity contribution is 5.49. The largest absolute Gasteiger partial charge is 0.496 e. The van der Waals surface area contributed by atoms with Gasteiger partial charge in [-0.05, 0) is 18.7 Å². The van der Waals surface area contributed by atoms with Crippen molar-refractivity contribution in [2.75, 3.05) is 33.4 Å². The molecule has 0 unspecified atom stereocenters. The summed E-state index contributed by atoms with van der Waals surface area (Å²) in [5.74, 6) is 3.20. The van der Waals surface area contributed by atoms with Crippen molar-refractivity contribution in [3.05, 3.63) is 23.8 Å². The first-order chi connectivity index (χ1) is 8.33. The molecule has 2 atom stereocenters. The first kappa shape index (κ1) is 10.9. The second-order valence-electron chi connectivity index (χ2n) is 4.90. The summed E-state index contributed by atoms with van der Waals surface area (Å²) in [7, 11) is 1.74. The van der Waals surface area contributed by atoms with Gasteiger partial charge in [0.2, 0.25) is 0 Å². The molecule has 92 valence electrons. The van der Waals surface area contributed by atoms with Gasteiger partial charge in [0, 0.05) is 30.5 Å². The smallest absolute Gasteiger partial charge is 0.126 e. The highest BCUT2D eigenvalue weighted by Crippen LogP contribution is 2.45. The Morgan fingerprint density at radius 1 is 1.41 bits per heavy atom. The molecule has 1 aromatic carbocycles. The molecule has 0 radical (unpaired) electrons. The molecule has 1 saturated heterocycles. The Bertz CT molecular complexity index is 404. The van der Waals surface area contributed by atoms with Gasteiger partial charge in [-0.2, -0.15) is 0 Å². The van der Waals surface area contributed by atoms with Gasteiger partial charge < -0.3 is 14.4 Å². The fraction of sp³-hybridized carbons (Fsp3) is 0.571. The Morgan fingerprint density at radius 3 is 3.06 bits per heavy atom. The Labute approximate surface area is 102 Å². The zero-order chi connectivity index (χ0) is 11.8. The molecule has 3 rings (SSSR count). The van der Waals surface area contributed by atoms with Crippen molar-refractivity contribution < 1.29 is 9.47 Å². The molecular weight excluding hydrogens is 214 g/mol. The topological polar surface area (TPSA) is 21.7 Å². The Hall–Kier alpha value is -1.22. The van der Waals surface area contributed by atoms with E-state index in [1.807, 2.05) is 12.1 Å². The van der Waals surface area contributed by atoms with Crippen molar-refractivity contribution in [1.82, 2.24) is 4.90 Å². The second kappa shape index (κ2) is 4.22. The van der Waals surface area contributed by atoms with Crippen LogP contribution in [0.5, 0.6) is 11.5 Å². The van der Waals surface area contributed by atoms with Gasteiger partial charge in [-0.25, -0.2) is 0 Å². The lowest BCUT2D eigenvalue weighted by Crippen LogP contribution is -2.25. The van der Waals surface area contributed by atoms with E-state index >= 15 is 0 Å². The van der Waals surface area contributed by atoms with Crippen molar-refractivity contribution in [3.8, 4) is 11.5 Å². The van der Waals surface area contributed by atoms with E-state index in [0.29, 0.717) is 11.8 Å². The van der Waals surface area contributed by atoms with E-state index < -0.39 is 0 Å². The van der Waals surface area contributed by atoms with Gasteiger partial charge in [0.1, 0.15) is 11.5 Å². The molecule has 17 heavy (non-hydrogen) atoms. The standard InChI is InChI=1S/C14H19NO2/c1-3-15-7-10-9-17-13-6-4-5-12(16-2)14(13)11(10)8-15/h4-6,10-11H,3,7-9H2,1-2H3/t10-,11-/m1/s1. The second-order valence-corrected chi connectivity index (χ2v) is 4.90. The number of likely N-dealkylation sites (tertiary alicyclic amines) is 1. The number of hydrogen-bond acceptors (Lipinski definition) is 3. The van der Waals surface area contributed by atoms with Crippen molar-refractivity contribution >= 4 is 0 Å². The summed E-state index contributed by atoms with van der Waals surface area (Å²) < 4.78 is 11.4. The molecule has 3 heteroatoms. The van der Waals surface area contributed by atoms with E-state index in [-0.39, 0.29) is 0 Å². The molecule has 2 aliphatic heterocycles. The predicted molar refractivity (Wildman–Crippen MR) is 66.8 cm³/mol. The van der Waals surface area contributed by atoms with E-state index in [1.54, 1.807) is 7.11 Å². The number of likely N-dealkylation sites (N-methyl/N-ethyl adjacent to an activating group) is 1. The van der Waals surface area contributed by atoms with E-state index in [2.05, 4.69) is 17.9 Å². The van der Waals surface area contributed by atoms with Crippen LogP contribution in [0.3, 0.4) is 0 Å². The number of nitrogens with zero attached hydrogens (tertiary/aromatic N) is 1. The zero-order valence-electron chi connectivity index (χ0n) is 10.5. The van der Waals surface area contributed by atoms with Crippen molar-refractivity contribution in [2.24, 2.45) is 5.92 Å². The predicted octanol–water partition coefficient (Wildman–Crippen LogP) is 2.12. The van der Waals surface area contributed by atoms with Gasteiger partial charge in [0.15, 0.2) is 0 Å². The minimum atomic E-state index is 0.579. The lowest BCUT2D eigenvalue weighted by atomic mass is 9.86. The van der Waals surface area contributed by atoms with Crippen LogP contribution in [-0.4, -0.2) is 38.3 Å². The third-order valence-electron chi connectivity index (χ3n) is 4.03. The molecular formula is C14H19NO2. The number of hydrogen-bond donors (Lipinski definition) is 0. The monoisotopic (exact) mass is 233 g/mol. The lowest BCUT2D eigenvalue weighted by molar-refractivity contribution is 0.210. The third kappa shape index (κ3) is 1.69. The van der Waals surface area contributed by atoms with E-state index in [0.717, 1.165) is 37.7 Å². The molecule has 0 bridgehead atoms. The highest BCUT2D eigenvalue weighted by atomic mass is 16.5. The van der Waals surface area contributed by atoms with Crippen LogP contribution in [0.1, 0.15) is 18.4 Å². The molecule has 2 aliphatic rings. The van der Waals surface area contributed by atoms with Crippen LogP contribution in [0, 0.1) is 5.92 Å². The maximum Gasteiger partial charge on any atom is 0.126 e. The minimum absolute atomic E-state index is 0.579. The molecule has 1 aromatic rings. The molecule has 0 N–H and O–H groups in total. The Kier molecular flexibility index (Phi) is 2.71. The van der Waals surface area contributed by atoms with Gasteiger partial charge in [-0.3, -0.25) is 0 Å². The van der Waals surface area contributed by atoms with Gasteiger partial charge in [-0.15, -0.1) is 0 Å². The average molecular weight is 233 g/mol. The molecule has 0 amide bonds. The quantitative estimate of drug-likeness (QED) is 0.781. The number of methoxy groups -OCH3 is 1. The van der Waals surface area contributed by atoms with E-state index in [9.17, 15) is 0 Å². The number of rotatable bonds is 2. The van der Waals surface area contributed by atoms with Gasteiger partial charge in [-0.1, -0.05) is 13.0 Å². The summed E-state index contributed by atoms with van der Waals surface area (Å²) in [6, 6.07) is 6.10. The molecule has 0 spiro atoms. The molecule has 2 heterocycles. The Morgan fingerprint density at radius 2 is 2.29 bits per heavy atom. The summed E-state index contributed by atoms with van der Waals surface area (Å²) in [6.07, 6.45) is 0. The van der Waals surface area contributed by atoms with Gasteiger partial charge in [0.25, 0.3) is 0 Å². The van der Waals surface area contributed by atoms with Crippen LogP contribution in [0.4, 0.5) is 0 Å². The molecule has 1 fully saturated rings. The SMILES string of the molecule is CCN1C[C@@H]2COc3cccc(OC)c3[C@@H]2C1. The van der Waals surface area contributed by atoms with Crippen molar-refractivity contribution in [1.29, 1.82) is 0 Å². The van der Waals surface area contributed by atoms with Crippen LogP contribution in [0.15, 0.2) is 18.2 Å². The van der Waals surface area contributed by atoms with Gasteiger partial charge in [0.05, 0.1) is 13.7 Å². The van der Waals surface area contributed by atoms with Crippen LogP contribution in [0.2, 0.25) is 0 Å². The number of fused-ring (bicyclic) bond motifs is 3. The normalized spacial score (nSPS) is 27.2. The summed E-state index contributed by atoms with van der Waals surface area (Å²) in [4.78, 5) is 2.50. The summed E-state index contributed by atoms with van der Waals surface area (Å²) >= 11 is 0. The molecule has 0 saturated carbocycles. The molecule has 3 nitrogen and oxygen atoms in total. The van der Waals surface area contributed by atoms with E-state index in [1.165, 1.54) is 5.56 Å². The maximum absolute atomic E-state index is 5.87. The zero-order valence-corrected chi connectivity index (χ0v) is 10.5. The summed E-state index contributed by atoms with van der Waals surface area (Å²) in [6.45, 7) is 6.48. The van der Waals surface area contributed by atoms with Gasteiger partial charge >= 0.3 is 0 Å². The molecule has 0 aliphatic carbocycles. The van der Waals surface area contributed by atoms with Crippen LogP contribution < -0.4 is 9.47 Å². The fourth-order valence-electron chi connectivity index (χ4n) is 3.10. The summed E-state index contributed by atoms with van der Waals surface area (Å²) in [5.41, 5.74) is 1.28. The minimum Gasteiger partial charge on any atom is -0.496 e. The van der Waals surface area contributed by atoms with Crippen LogP contribution in [0.25, 0.3) is 0 Å². The van der Waals surface area contributed by atoms with E-state index in [4.69, 9.17) is 9.47 Å². The lowest BCUT2D eigenvalue weighted by Gasteiger charge is -2.29. The first-order valence-corrected chi connectivity index (χ1v) is 6.35.